The Morgan fingerprint density at radius 3 is 2.60 bits per heavy atom. The zero-order valence-corrected chi connectivity index (χ0v) is 18.6. The van der Waals surface area contributed by atoms with Crippen LogP contribution in [0.2, 0.25) is 0 Å². The van der Waals surface area contributed by atoms with Crippen molar-refractivity contribution in [1.82, 2.24) is 9.88 Å². The lowest BCUT2D eigenvalue weighted by Crippen LogP contribution is -2.26. The van der Waals surface area contributed by atoms with Crippen molar-refractivity contribution < 1.29 is 13.2 Å². The first-order valence-corrected chi connectivity index (χ1v) is 12.2. The van der Waals surface area contributed by atoms with Gasteiger partial charge in [0.25, 0.3) is 15.9 Å². The van der Waals surface area contributed by atoms with Crippen LogP contribution >= 0.6 is 11.3 Å². The third-order valence-electron chi connectivity index (χ3n) is 4.63. The second-order valence-electron chi connectivity index (χ2n) is 6.91. The van der Waals surface area contributed by atoms with Gasteiger partial charge < -0.3 is 5.32 Å². The molecule has 0 spiro atoms. The molecule has 0 fully saturated rings. The number of aromatic nitrogens is 1. The van der Waals surface area contributed by atoms with Crippen molar-refractivity contribution in [3.05, 3.63) is 57.7 Å². The summed E-state index contributed by atoms with van der Waals surface area (Å²) in [7, 11) is -3.94. The molecule has 0 aliphatic carbocycles. The van der Waals surface area contributed by atoms with Gasteiger partial charge in [-0.05, 0) is 43.2 Å². The van der Waals surface area contributed by atoms with E-state index in [1.54, 1.807) is 34.9 Å². The Kier molecular flexibility index (Phi) is 6.94. The number of rotatable bonds is 9. The van der Waals surface area contributed by atoms with Gasteiger partial charge in [-0.3, -0.25) is 18.9 Å². The lowest BCUT2D eigenvalue weighted by molar-refractivity contribution is 0.0954. The zero-order chi connectivity index (χ0) is 21.7. The summed E-state index contributed by atoms with van der Waals surface area (Å²) in [5.74, 6) is -0.327. The molecule has 0 saturated heterocycles. The molecule has 0 aliphatic heterocycles. The van der Waals surface area contributed by atoms with Crippen molar-refractivity contribution >= 4 is 43.2 Å². The predicted octanol–water partition coefficient (Wildman–Crippen LogP) is 3.80. The fourth-order valence-electron chi connectivity index (χ4n) is 3.10. The number of unbranched alkanes of at least 4 members (excludes halogenated alkanes) is 1. The molecule has 1 aromatic heterocycles. The number of thiazole rings is 1. The summed E-state index contributed by atoms with van der Waals surface area (Å²) in [6.45, 7) is 5.12. The van der Waals surface area contributed by atoms with Crippen LogP contribution in [0.4, 0.5) is 5.69 Å². The van der Waals surface area contributed by atoms with Gasteiger partial charge in [0.15, 0.2) is 0 Å². The molecule has 0 bridgehead atoms. The largest absolute Gasteiger partial charge is 0.352 e. The molecule has 0 saturated carbocycles. The molecule has 1 amide bonds. The monoisotopic (exact) mass is 447 g/mol. The SMILES string of the molecule is CCCCNC(=O)c1ccccc1NS(=O)(=O)c1ccc2c(c1)sc(=O)n2CCC. The molecule has 3 aromatic rings. The standard InChI is InChI=1S/C21H25N3O4S2/c1-3-5-12-22-20(25)16-8-6-7-9-17(16)23-30(27,28)15-10-11-18-19(14-15)29-21(26)24(18)13-4-2/h6-11,14,23H,3-5,12-13H2,1-2H3,(H,22,25). The van der Waals surface area contributed by atoms with E-state index in [9.17, 15) is 18.0 Å². The van der Waals surface area contributed by atoms with Crippen molar-refractivity contribution in [2.75, 3.05) is 11.3 Å². The van der Waals surface area contributed by atoms with E-state index in [4.69, 9.17) is 0 Å². The molecule has 1 heterocycles. The van der Waals surface area contributed by atoms with Gasteiger partial charge in [-0.15, -0.1) is 0 Å². The highest BCUT2D eigenvalue weighted by molar-refractivity contribution is 7.92. The summed E-state index contributed by atoms with van der Waals surface area (Å²) in [4.78, 5) is 24.6. The maximum Gasteiger partial charge on any atom is 0.308 e. The van der Waals surface area contributed by atoms with E-state index in [1.807, 2.05) is 13.8 Å². The Morgan fingerprint density at radius 2 is 1.87 bits per heavy atom. The van der Waals surface area contributed by atoms with Gasteiger partial charge in [0.2, 0.25) is 0 Å². The number of nitrogens with zero attached hydrogens (tertiary/aromatic N) is 1. The molecule has 30 heavy (non-hydrogen) atoms. The Morgan fingerprint density at radius 1 is 1.10 bits per heavy atom. The predicted molar refractivity (Wildman–Crippen MR) is 121 cm³/mol. The first kappa shape index (κ1) is 22.0. The van der Waals surface area contributed by atoms with Crippen molar-refractivity contribution in [3.63, 3.8) is 0 Å². The topological polar surface area (TPSA) is 97.3 Å². The van der Waals surface area contributed by atoms with Gasteiger partial charge in [0, 0.05) is 13.1 Å². The molecular weight excluding hydrogens is 422 g/mol. The third kappa shape index (κ3) is 4.73. The Bertz CT molecular complexity index is 1210. The minimum atomic E-state index is -3.94. The van der Waals surface area contributed by atoms with Crippen LogP contribution in [0.1, 0.15) is 43.5 Å². The number of anilines is 1. The molecule has 9 heteroatoms. The van der Waals surface area contributed by atoms with E-state index >= 15 is 0 Å². The molecular formula is C21H25N3O4S2. The smallest absolute Gasteiger partial charge is 0.308 e. The van der Waals surface area contributed by atoms with Gasteiger partial charge in [0.05, 0.1) is 26.4 Å². The summed E-state index contributed by atoms with van der Waals surface area (Å²) < 4.78 is 30.7. The fourth-order valence-corrected chi connectivity index (χ4v) is 5.23. The highest BCUT2D eigenvalue weighted by Crippen LogP contribution is 2.25. The molecule has 7 nitrogen and oxygen atoms in total. The molecule has 2 N–H and O–H groups in total. The number of sulfonamides is 1. The van der Waals surface area contributed by atoms with Crippen LogP contribution in [0.3, 0.4) is 0 Å². The quantitative estimate of drug-likeness (QED) is 0.488. The van der Waals surface area contributed by atoms with E-state index < -0.39 is 10.0 Å². The van der Waals surface area contributed by atoms with Crippen LogP contribution in [0.5, 0.6) is 0 Å². The Labute approximate surface area is 179 Å². The number of hydrogen-bond acceptors (Lipinski definition) is 5. The van der Waals surface area contributed by atoms with Gasteiger partial charge in [0.1, 0.15) is 0 Å². The molecule has 0 unspecified atom stereocenters. The van der Waals surface area contributed by atoms with Crippen molar-refractivity contribution in [2.24, 2.45) is 0 Å². The van der Waals surface area contributed by atoms with Crippen LogP contribution in [0.15, 0.2) is 52.2 Å². The molecule has 0 aliphatic rings. The highest BCUT2D eigenvalue weighted by atomic mass is 32.2. The number of nitrogens with one attached hydrogen (secondary N) is 2. The Hall–Kier alpha value is -2.65. The Balaban J connectivity index is 1.90. The van der Waals surface area contributed by atoms with E-state index in [0.717, 1.165) is 36.1 Å². The fraction of sp³-hybridized carbons (Fsp3) is 0.333. The van der Waals surface area contributed by atoms with E-state index in [1.165, 1.54) is 12.1 Å². The van der Waals surface area contributed by atoms with Crippen LogP contribution in [0.25, 0.3) is 10.2 Å². The number of hydrogen-bond donors (Lipinski definition) is 2. The summed E-state index contributed by atoms with van der Waals surface area (Å²) >= 11 is 1.03. The van der Waals surface area contributed by atoms with Crippen LogP contribution < -0.4 is 14.9 Å². The van der Waals surface area contributed by atoms with Crippen LogP contribution in [-0.2, 0) is 16.6 Å². The lowest BCUT2D eigenvalue weighted by Gasteiger charge is -2.13. The number of aryl methyl sites for hydroxylation is 1. The van der Waals surface area contributed by atoms with Crippen LogP contribution in [-0.4, -0.2) is 25.4 Å². The number of benzene rings is 2. The van der Waals surface area contributed by atoms with E-state index in [2.05, 4.69) is 10.0 Å². The van der Waals surface area contributed by atoms with Crippen LogP contribution in [0, 0.1) is 0 Å². The minimum absolute atomic E-state index is 0.0427. The molecule has 2 aromatic carbocycles. The number of amides is 1. The lowest BCUT2D eigenvalue weighted by atomic mass is 10.1. The number of para-hydroxylation sites is 1. The van der Waals surface area contributed by atoms with Crippen molar-refractivity contribution in [1.29, 1.82) is 0 Å². The normalized spacial score (nSPS) is 11.5. The summed E-state index contributed by atoms with van der Waals surface area (Å²) in [6, 6.07) is 11.1. The van der Waals surface area contributed by atoms with Gasteiger partial charge in [-0.1, -0.05) is 43.7 Å². The van der Waals surface area contributed by atoms with Gasteiger partial charge >= 0.3 is 4.87 Å². The minimum Gasteiger partial charge on any atom is -0.352 e. The average Bonchev–Trinajstić information content (AvgIpc) is 3.03. The number of fused-ring (bicyclic) bond motifs is 1. The number of carbonyl (C=O) groups is 1. The maximum atomic E-state index is 13.0. The third-order valence-corrected chi connectivity index (χ3v) is 6.93. The first-order chi connectivity index (χ1) is 14.4. The molecule has 0 radical (unpaired) electrons. The highest BCUT2D eigenvalue weighted by Gasteiger charge is 2.20. The van der Waals surface area contributed by atoms with Gasteiger partial charge in [-0.2, -0.15) is 0 Å². The maximum absolute atomic E-state index is 13.0. The second-order valence-corrected chi connectivity index (χ2v) is 9.59. The zero-order valence-electron chi connectivity index (χ0n) is 17.0. The van der Waals surface area contributed by atoms with Gasteiger partial charge in [-0.25, -0.2) is 8.42 Å². The van der Waals surface area contributed by atoms with E-state index in [-0.39, 0.29) is 26.9 Å². The number of carbonyl (C=O) groups excluding carboxylic acids is 1. The van der Waals surface area contributed by atoms with Crippen molar-refractivity contribution in [3.8, 4) is 0 Å². The summed E-state index contributed by atoms with van der Waals surface area (Å²) in [5, 5.41) is 2.80. The first-order valence-electron chi connectivity index (χ1n) is 9.90. The molecule has 3 rings (SSSR count). The molecule has 0 atom stereocenters. The summed E-state index contributed by atoms with van der Waals surface area (Å²) in [5.41, 5.74) is 1.20. The summed E-state index contributed by atoms with van der Waals surface area (Å²) in [6.07, 6.45) is 2.60. The molecule has 160 valence electrons. The van der Waals surface area contributed by atoms with E-state index in [0.29, 0.717) is 17.8 Å². The second kappa shape index (κ2) is 9.44. The van der Waals surface area contributed by atoms with Crippen molar-refractivity contribution in [2.45, 2.75) is 44.6 Å². The average molecular weight is 448 g/mol.